The number of nitrogens with zero attached hydrogens (tertiary/aromatic N) is 1. The minimum absolute atomic E-state index is 0.0698. The van der Waals surface area contributed by atoms with Crippen LogP contribution in [-0.2, 0) is 9.53 Å². The lowest BCUT2D eigenvalue weighted by molar-refractivity contribution is -0.139. The molecule has 0 aromatic heterocycles. The molecule has 7 heteroatoms. The maximum Gasteiger partial charge on any atom is 0.338 e. The Labute approximate surface area is 138 Å². The van der Waals surface area contributed by atoms with E-state index in [1.54, 1.807) is 18.7 Å². The molecule has 5 nitrogen and oxygen atoms in total. The Bertz CT molecular complexity index is 729. The summed E-state index contributed by atoms with van der Waals surface area (Å²) in [5, 5.41) is 2.71. The number of rotatable bonds is 4. The van der Waals surface area contributed by atoms with Crippen molar-refractivity contribution in [2.24, 2.45) is 0 Å². The van der Waals surface area contributed by atoms with E-state index in [2.05, 4.69) is 5.32 Å². The smallest absolute Gasteiger partial charge is 0.338 e. The molecule has 0 radical (unpaired) electrons. The molecular weight excluding hydrogens is 318 g/mol. The van der Waals surface area contributed by atoms with Crippen LogP contribution in [0.2, 0.25) is 0 Å². The maximum atomic E-state index is 13.6. The molecule has 1 heterocycles. The summed E-state index contributed by atoms with van der Waals surface area (Å²) < 4.78 is 31.9. The Morgan fingerprint density at radius 2 is 2.04 bits per heavy atom. The van der Waals surface area contributed by atoms with Crippen LogP contribution in [0.1, 0.15) is 38.3 Å². The molecule has 1 aromatic rings. The van der Waals surface area contributed by atoms with Crippen LogP contribution in [0.5, 0.6) is 0 Å². The van der Waals surface area contributed by atoms with Gasteiger partial charge >= 0.3 is 12.0 Å². The van der Waals surface area contributed by atoms with E-state index in [9.17, 15) is 18.4 Å². The Hall–Kier alpha value is -2.44. The summed E-state index contributed by atoms with van der Waals surface area (Å²) in [7, 11) is 0. The van der Waals surface area contributed by atoms with Crippen LogP contribution in [0, 0.1) is 11.6 Å². The van der Waals surface area contributed by atoms with Gasteiger partial charge in [-0.1, -0.05) is 6.07 Å². The number of carbonyl (C=O) groups is 2. The molecule has 1 N–H and O–H groups in total. The monoisotopic (exact) mass is 336 g/mol. The van der Waals surface area contributed by atoms with Gasteiger partial charge in [0.25, 0.3) is 0 Å². The number of halogens is 2. The first-order valence-corrected chi connectivity index (χ1v) is 7.86. The van der Waals surface area contributed by atoms with Crippen molar-refractivity contribution in [3.05, 3.63) is 46.7 Å². The van der Waals surface area contributed by atoms with E-state index in [-0.39, 0.29) is 24.3 Å². The van der Waals surface area contributed by atoms with E-state index in [1.165, 1.54) is 6.07 Å². The van der Waals surface area contributed by atoms with Gasteiger partial charge in [0.05, 0.1) is 18.2 Å². The van der Waals surface area contributed by atoms with Gasteiger partial charge in [-0.25, -0.2) is 18.4 Å². The number of nitrogens with one attached hydrogen (secondary N) is 1. The molecule has 1 aliphatic carbocycles. The summed E-state index contributed by atoms with van der Waals surface area (Å²) in [6.07, 6.45) is 1.74. The molecule has 0 unspecified atom stereocenters. The Morgan fingerprint density at radius 3 is 2.62 bits per heavy atom. The van der Waals surface area contributed by atoms with Gasteiger partial charge < -0.3 is 10.1 Å². The number of benzene rings is 1. The van der Waals surface area contributed by atoms with E-state index in [1.807, 2.05) is 0 Å². The van der Waals surface area contributed by atoms with Crippen molar-refractivity contribution in [2.45, 2.75) is 38.8 Å². The molecule has 1 aromatic carbocycles. The zero-order chi connectivity index (χ0) is 17.4. The Morgan fingerprint density at radius 1 is 1.33 bits per heavy atom. The number of hydrogen-bond donors (Lipinski definition) is 1. The molecule has 24 heavy (non-hydrogen) atoms. The van der Waals surface area contributed by atoms with Gasteiger partial charge in [0.1, 0.15) is 0 Å². The SMILES string of the molecule is CCOC(=O)C1=C(C)N(C2CC2)C(=O)N[C@H]1c1ccc(F)c(F)c1. The molecule has 1 saturated carbocycles. The fraction of sp³-hybridized carbons (Fsp3) is 0.412. The van der Waals surface area contributed by atoms with E-state index in [0.29, 0.717) is 11.3 Å². The van der Waals surface area contributed by atoms with Crippen LogP contribution in [0.4, 0.5) is 13.6 Å². The van der Waals surface area contributed by atoms with Crippen molar-refractivity contribution in [2.75, 3.05) is 6.61 Å². The highest BCUT2D eigenvalue weighted by molar-refractivity contribution is 5.95. The van der Waals surface area contributed by atoms with Crippen LogP contribution in [0.25, 0.3) is 0 Å². The summed E-state index contributed by atoms with van der Waals surface area (Å²) >= 11 is 0. The highest BCUT2D eigenvalue weighted by Crippen LogP contribution is 2.38. The third kappa shape index (κ3) is 2.86. The number of urea groups is 1. The molecule has 0 spiro atoms. The van der Waals surface area contributed by atoms with Crippen LogP contribution in [-0.4, -0.2) is 29.5 Å². The number of allylic oxidation sites excluding steroid dienone is 1. The molecule has 1 atom stereocenters. The number of hydrogen-bond acceptors (Lipinski definition) is 3. The number of amides is 2. The molecule has 2 amide bonds. The molecule has 3 rings (SSSR count). The predicted octanol–water partition coefficient (Wildman–Crippen LogP) is 3.03. The van der Waals surface area contributed by atoms with E-state index >= 15 is 0 Å². The summed E-state index contributed by atoms with van der Waals surface area (Å²) in [6, 6.07) is 2.16. The highest BCUT2D eigenvalue weighted by Gasteiger charge is 2.42. The molecule has 128 valence electrons. The highest BCUT2D eigenvalue weighted by atomic mass is 19.2. The first-order chi connectivity index (χ1) is 11.4. The van der Waals surface area contributed by atoms with Crippen molar-refractivity contribution >= 4 is 12.0 Å². The van der Waals surface area contributed by atoms with E-state index in [4.69, 9.17) is 4.74 Å². The fourth-order valence-corrected chi connectivity index (χ4v) is 2.94. The van der Waals surface area contributed by atoms with Gasteiger partial charge in [0, 0.05) is 11.7 Å². The quantitative estimate of drug-likeness (QED) is 0.860. The molecule has 1 aliphatic heterocycles. The minimum Gasteiger partial charge on any atom is -0.463 e. The van der Waals surface area contributed by atoms with E-state index < -0.39 is 23.6 Å². The molecule has 2 aliphatic rings. The van der Waals surface area contributed by atoms with Gasteiger partial charge in [-0.2, -0.15) is 0 Å². The third-order valence-corrected chi connectivity index (χ3v) is 4.21. The number of esters is 1. The predicted molar refractivity (Wildman–Crippen MR) is 81.8 cm³/mol. The summed E-state index contributed by atoms with van der Waals surface area (Å²) in [6.45, 7) is 3.54. The second-order valence-electron chi connectivity index (χ2n) is 5.88. The van der Waals surface area contributed by atoms with Gasteiger partial charge in [0.2, 0.25) is 0 Å². The summed E-state index contributed by atoms with van der Waals surface area (Å²) in [4.78, 5) is 26.4. The Kier molecular flexibility index (Phi) is 4.26. The summed E-state index contributed by atoms with van der Waals surface area (Å²) in [5.74, 6) is -2.60. The average molecular weight is 336 g/mol. The normalized spacial score (nSPS) is 20.9. The second kappa shape index (κ2) is 6.22. The van der Waals surface area contributed by atoms with Gasteiger partial charge in [-0.3, -0.25) is 4.90 Å². The number of ether oxygens (including phenoxy) is 1. The van der Waals surface area contributed by atoms with Crippen molar-refractivity contribution < 1.29 is 23.1 Å². The lowest BCUT2D eigenvalue weighted by atomic mass is 9.94. The largest absolute Gasteiger partial charge is 0.463 e. The van der Waals surface area contributed by atoms with Crippen molar-refractivity contribution in [3.8, 4) is 0 Å². The van der Waals surface area contributed by atoms with Crippen LogP contribution >= 0.6 is 0 Å². The zero-order valence-corrected chi connectivity index (χ0v) is 13.4. The second-order valence-corrected chi connectivity index (χ2v) is 5.88. The van der Waals surface area contributed by atoms with Crippen LogP contribution in [0.3, 0.4) is 0 Å². The minimum atomic E-state index is -1.03. The molecule has 1 fully saturated rings. The van der Waals surface area contributed by atoms with Crippen LogP contribution in [0.15, 0.2) is 29.5 Å². The standard InChI is InChI=1S/C17H18F2N2O3/c1-3-24-16(22)14-9(2)21(11-5-6-11)17(23)20-15(14)10-4-7-12(18)13(19)8-10/h4,7-8,11,15H,3,5-6H2,1-2H3,(H,20,23)/t15-/m0/s1. The Balaban J connectivity index is 2.07. The van der Waals surface area contributed by atoms with Crippen molar-refractivity contribution in [3.63, 3.8) is 0 Å². The first-order valence-electron chi connectivity index (χ1n) is 7.86. The van der Waals surface area contributed by atoms with E-state index in [0.717, 1.165) is 25.0 Å². The average Bonchev–Trinajstić information content (AvgIpc) is 3.34. The molecule has 0 saturated heterocycles. The first kappa shape index (κ1) is 16.4. The zero-order valence-electron chi connectivity index (χ0n) is 13.4. The van der Waals surface area contributed by atoms with Gasteiger partial charge in [-0.05, 0) is 44.4 Å². The molecular formula is C17H18F2N2O3. The van der Waals surface area contributed by atoms with Crippen molar-refractivity contribution in [1.82, 2.24) is 10.2 Å². The topological polar surface area (TPSA) is 58.6 Å². The van der Waals surface area contributed by atoms with Gasteiger partial charge in [-0.15, -0.1) is 0 Å². The maximum absolute atomic E-state index is 13.6. The number of carbonyl (C=O) groups excluding carboxylic acids is 2. The van der Waals surface area contributed by atoms with Gasteiger partial charge in [0.15, 0.2) is 11.6 Å². The summed E-state index contributed by atoms with van der Waals surface area (Å²) in [5.41, 5.74) is 1.03. The lowest BCUT2D eigenvalue weighted by Crippen LogP contribution is -2.48. The lowest BCUT2D eigenvalue weighted by Gasteiger charge is -2.35. The van der Waals surface area contributed by atoms with Crippen LogP contribution < -0.4 is 5.32 Å². The third-order valence-electron chi connectivity index (χ3n) is 4.21. The van der Waals surface area contributed by atoms with Crippen molar-refractivity contribution in [1.29, 1.82) is 0 Å². The molecule has 0 bridgehead atoms. The fourth-order valence-electron chi connectivity index (χ4n) is 2.94.